The number of anilines is 1. The molecule has 0 bridgehead atoms. The molecule has 1 aliphatic heterocycles. The molecule has 0 saturated carbocycles. The van der Waals surface area contributed by atoms with Gasteiger partial charge in [-0.25, -0.2) is 9.78 Å². The molecule has 1 amide bonds. The molecule has 0 radical (unpaired) electrons. The summed E-state index contributed by atoms with van der Waals surface area (Å²) in [7, 11) is 1.34. The van der Waals surface area contributed by atoms with Crippen LogP contribution >= 0.6 is 11.3 Å². The minimum Gasteiger partial charge on any atom is -0.465 e. The molecule has 9 nitrogen and oxygen atoms in total. The van der Waals surface area contributed by atoms with Gasteiger partial charge in [0, 0.05) is 16.1 Å². The van der Waals surface area contributed by atoms with Crippen LogP contribution in [-0.4, -0.2) is 35.9 Å². The molecular formula is C24H19N3O6S. The largest absolute Gasteiger partial charge is 0.465 e. The smallest absolute Gasteiger partial charge is 0.341 e. The number of carbonyl (C=O) groups excluding carboxylic acids is 2. The molecule has 0 unspecified atom stereocenters. The Morgan fingerprint density at radius 2 is 2.00 bits per heavy atom. The summed E-state index contributed by atoms with van der Waals surface area (Å²) in [4.78, 5) is 31.6. The maximum absolute atomic E-state index is 13.5. The second kappa shape index (κ2) is 7.84. The van der Waals surface area contributed by atoms with E-state index in [2.05, 4.69) is 15.5 Å². The van der Waals surface area contributed by atoms with E-state index in [1.165, 1.54) is 18.4 Å². The van der Waals surface area contributed by atoms with Crippen LogP contribution < -0.4 is 14.8 Å². The van der Waals surface area contributed by atoms with Gasteiger partial charge in [0.2, 0.25) is 6.79 Å². The van der Waals surface area contributed by atoms with E-state index in [-0.39, 0.29) is 18.4 Å². The summed E-state index contributed by atoms with van der Waals surface area (Å²) in [6, 6.07) is 7.09. The summed E-state index contributed by atoms with van der Waals surface area (Å²) >= 11 is 1.42. The first kappa shape index (κ1) is 20.7. The monoisotopic (exact) mass is 477 g/mol. The zero-order valence-corrected chi connectivity index (χ0v) is 19.2. The maximum atomic E-state index is 13.5. The second-order valence-electron chi connectivity index (χ2n) is 8.10. The van der Waals surface area contributed by atoms with Gasteiger partial charge >= 0.3 is 5.97 Å². The number of aromatic nitrogens is 2. The lowest BCUT2D eigenvalue weighted by molar-refractivity contribution is 0.0601. The van der Waals surface area contributed by atoms with E-state index in [0.717, 1.165) is 29.7 Å². The molecule has 4 aromatic rings. The summed E-state index contributed by atoms with van der Waals surface area (Å²) in [5, 5.41) is 8.10. The molecular weight excluding hydrogens is 458 g/mol. The molecule has 3 aromatic heterocycles. The Kier molecular flexibility index (Phi) is 4.77. The van der Waals surface area contributed by atoms with Gasteiger partial charge in [-0.05, 0) is 56.0 Å². The highest BCUT2D eigenvalue weighted by molar-refractivity contribution is 7.17. The van der Waals surface area contributed by atoms with Crippen LogP contribution in [-0.2, 0) is 17.6 Å². The van der Waals surface area contributed by atoms with E-state index in [4.69, 9.17) is 18.7 Å². The number of nitrogens with one attached hydrogen (secondary N) is 1. The number of methoxy groups -OCH3 is 1. The zero-order chi connectivity index (χ0) is 23.4. The van der Waals surface area contributed by atoms with Crippen LogP contribution in [0.3, 0.4) is 0 Å². The Bertz CT molecular complexity index is 1490. The fourth-order valence-electron chi connectivity index (χ4n) is 4.47. The minimum atomic E-state index is -0.447. The Balaban J connectivity index is 1.44. The highest BCUT2D eigenvalue weighted by atomic mass is 32.1. The number of benzene rings is 1. The van der Waals surface area contributed by atoms with Crippen molar-refractivity contribution < 1.29 is 28.3 Å². The molecule has 4 heterocycles. The highest BCUT2D eigenvalue weighted by Gasteiger charge is 2.29. The third kappa shape index (κ3) is 3.21. The molecule has 0 saturated heterocycles. The molecule has 172 valence electrons. The Labute approximate surface area is 197 Å². The quantitative estimate of drug-likeness (QED) is 0.427. The lowest BCUT2D eigenvalue weighted by atomic mass is 10.0. The number of fused-ring (bicyclic) bond motifs is 3. The van der Waals surface area contributed by atoms with Crippen molar-refractivity contribution in [2.45, 2.75) is 26.2 Å². The summed E-state index contributed by atoms with van der Waals surface area (Å²) in [5.41, 5.74) is 3.78. The predicted octanol–water partition coefficient (Wildman–Crippen LogP) is 4.52. The van der Waals surface area contributed by atoms with E-state index < -0.39 is 5.97 Å². The van der Waals surface area contributed by atoms with E-state index in [1.807, 2.05) is 6.07 Å². The molecule has 34 heavy (non-hydrogen) atoms. The van der Waals surface area contributed by atoms with Crippen LogP contribution in [0.4, 0.5) is 5.00 Å². The van der Waals surface area contributed by atoms with Gasteiger partial charge in [-0.1, -0.05) is 5.16 Å². The van der Waals surface area contributed by atoms with Gasteiger partial charge in [-0.15, -0.1) is 11.3 Å². The molecule has 2 aliphatic rings. The number of aryl methyl sites for hydroxylation is 2. The van der Waals surface area contributed by atoms with Crippen LogP contribution in [0.25, 0.3) is 22.4 Å². The number of ether oxygens (including phenoxy) is 3. The summed E-state index contributed by atoms with van der Waals surface area (Å²) in [6.45, 7) is 1.93. The minimum absolute atomic E-state index is 0.153. The fraction of sp³-hybridized carbons (Fsp3) is 0.250. The average molecular weight is 477 g/mol. The maximum Gasteiger partial charge on any atom is 0.341 e. The molecule has 10 heteroatoms. The number of pyridine rings is 1. The van der Waals surface area contributed by atoms with Gasteiger partial charge < -0.3 is 24.1 Å². The number of hydrogen-bond acceptors (Lipinski definition) is 9. The average Bonchev–Trinajstić information content (AvgIpc) is 3.60. The number of amides is 1. The second-order valence-corrected chi connectivity index (χ2v) is 9.20. The van der Waals surface area contributed by atoms with Gasteiger partial charge in [0.05, 0.1) is 23.6 Å². The van der Waals surface area contributed by atoms with Crippen LogP contribution in [0, 0.1) is 6.92 Å². The van der Waals surface area contributed by atoms with Crippen molar-refractivity contribution in [1.82, 2.24) is 10.1 Å². The van der Waals surface area contributed by atoms with Crippen molar-refractivity contribution in [2.24, 2.45) is 0 Å². The van der Waals surface area contributed by atoms with Crippen LogP contribution in [0.1, 0.15) is 43.3 Å². The van der Waals surface area contributed by atoms with Crippen LogP contribution in [0.15, 0.2) is 28.8 Å². The lowest BCUT2D eigenvalue weighted by Crippen LogP contribution is -2.15. The molecule has 1 aliphatic carbocycles. The first-order chi connectivity index (χ1) is 16.5. The Morgan fingerprint density at radius 3 is 2.85 bits per heavy atom. The number of nitrogens with zero attached hydrogens (tertiary/aromatic N) is 2. The van der Waals surface area contributed by atoms with Crippen molar-refractivity contribution in [3.63, 3.8) is 0 Å². The van der Waals surface area contributed by atoms with Gasteiger partial charge in [0.25, 0.3) is 11.6 Å². The van der Waals surface area contributed by atoms with E-state index in [9.17, 15) is 9.59 Å². The Morgan fingerprint density at radius 1 is 1.15 bits per heavy atom. The number of carbonyl (C=O) groups is 2. The topological polar surface area (TPSA) is 113 Å². The third-order valence-corrected chi connectivity index (χ3v) is 7.21. The molecule has 0 spiro atoms. The number of esters is 1. The zero-order valence-electron chi connectivity index (χ0n) is 18.4. The van der Waals surface area contributed by atoms with E-state index >= 15 is 0 Å². The summed E-state index contributed by atoms with van der Waals surface area (Å²) in [5.74, 6) is 0.405. The van der Waals surface area contributed by atoms with Gasteiger partial charge in [-0.3, -0.25) is 4.79 Å². The highest BCUT2D eigenvalue weighted by Crippen LogP contribution is 2.41. The SMILES string of the molecule is COC(=O)c1c(NC(=O)c2cc(C)nc3onc(-c4ccc5c(c4)OCO5)c23)sc2c1CCC2. The van der Waals surface area contributed by atoms with Gasteiger partial charge in [0.1, 0.15) is 10.7 Å². The van der Waals surface area contributed by atoms with Crippen molar-refractivity contribution >= 4 is 39.3 Å². The van der Waals surface area contributed by atoms with E-state index in [0.29, 0.717) is 50.0 Å². The number of hydrogen-bond donors (Lipinski definition) is 1. The molecule has 1 N–H and O–H groups in total. The van der Waals surface area contributed by atoms with Crippen molar-refractivity contribution in [2.75, 3.05) is 19.2 Å². The predicted molar refractivity (Wildman–Crippen MR) is 124 cm³/mol. The van der Waals surface area contributed by atoms with Crippen molar-refractivity contribution in [1.29, 1.82) is 0 Å². The van der Waals surface area contributed by atoms with Gasteiger partial charge in [0.15, 0.2) is 11.5 Å². The first-order valence-electron chi connectivity index (χ1n) is 10.7. The van der Waals surface area contributed by atoms with Crippen LogP contribution in [0.5, 0.6) is 11.5 Å². The molecule has 0 atom stereocenters. The van der Waals surface area contributed by atoms with Crippen molar-refractivity contribution in [3.05, 3.63) is 51.5 Å². The van der Waals surface area contributed by atoms with Crippen LogP contribution in [0.2, 0.25) is 0 Å². The fourth-order valence-corrected chi connectivity index (χ4v) is 5.75. The normalized spacial score (nSPS) is 13.8. The summed E-state index contributed by atoms with van der Waals surface area (Å²) in [6.07, 6.45) is 2.67. The summed E-state index contributed by atoms with van der Waals surface area (Å²) < 4.78 is 21.4. The number of thiophene rings is 1. The Hall–Kier alpha value is -3.92. The van der Waals surface area contributed by atoms with Gasteiger partial charge in [-0.2, -0.15) is 0 Å². The standard InChI is InChI=1S/C24H19N3O6S/c1-11-8-14(21(28)26-23-19(24(29)30-2)13-4-3-5-17(13)34-23)18-20(27-33-22(18)25-11)12-6-7-15-16(9-12)32-10-31-15/h6-9H,3-5,10H2,1-2H3,(H,26,28). The third-order valence-electron chi connectivity index (χ3n) is 6.00. The van der Waals surface area contributed by atoms with E-state index in [1.54, 1.807) is 25.1 Å². The van der Waals surface area contributed by atoms with Crippen molar-refractivity contribution in [3.8, 4) is 22.8 Å². The number of rotatable bonds is 4. The first-order valence-corrected chi connectivity index (χ1v) is 11.6. The molecule has 6 rings (SSSR count). The lowest BCUT2D eigenvalue weighted by Gasteiger charge is -2.09. The molecule has 1 aromatic carbocycles. The molecule has 0 fully saturated rings.